The number of hydrogen-bond acceptors (Lipinski definition) is 3. The Morgan fingerprint density at radius 3 is 2.63 bits per heavy atom. The maximum Gasteiger partial charge on any atom is 0.318 e. The molecule has 1 fully saturated rings. The molecule has 3 rings (SSSR count). The van der Waals surface area contributed by atoms with E-state index in [1.807, 2.05) is 42.2 Å². The molecule has 1 aliphatic heterocycles. The van der Waals surface area contributed by atoms with Crippen LogP contribution in [0.5, 0.6) is 0 Å². The first-order chi connectivity index (χ1) is 13.2. The van der Waals surface area contributed by atoms with Gasteiger partial charge in [0.05, 0.1) is 12.2 Å². The predicted octanol–water partition coefficient (Wildman–Crippen LogP) is 3.59. The van der Waals surface area contributed by atoms with Gasteiger partial charge in [0.25, 0.3) is 0 Å². The van der Waals surface area contributed by atoms with Gasteiger partial charge in [-0.15, -0.1) is 0 Å². The topological polar surface area (TPSA) is 48.5 Å². The standard InChI is InChI=1S/C22H30N4O/c1-19-9-7-12-23-21(19)18-26(17-20-10-3-2-4-11-20)22(27)24-13-8-16-25-14-5-6-15-25/h2-4,7,9-12H,5-6,8,13-18H2,1H3,(H,24,27). The SMILES string of the molecule is Cc1cccnc1CN(Cc1ccccc1)C(=O)NCCCN1CCCC1. The highest BCUT2D eigenvalue weighted by atomic mass is 16.2. The minimum Gasteiger partial charge on any atom is -0.338 e. The molecule has 2 aromatic rings. The number of hydrogen-bond donors (Lipinski definition) is 1. The normalized spacial score (nSPS) is 14.3. The van der Waals surface area contributed by atoms with Gasteiger partial charge in [0.15, 0.2) is 0 Å². The first kappa shape index (κ1) is 19.4. The van der Waals surface area contributed by atoms with Crippen molar-refractivity contribution >= 4 is 6.03 Å². The number of nitrogens with zero attached hydrogens (tertiary/aromatic N) is 3. The van der Waals surface area contributed by atoms with Crippen LogP contribution >= 0.6 is 0 Å². The van der Waals surface area contributed by atoms with E-state index in [0.29, 0.717) is 19.6 Å². The number of benzene rings is 1. The lowest BCUT2D eigenvalue weighted by Crippen LogP contribution is -2.40. The Labute approximate surface area is 162 Å². The van der Waals surface area contributed by atoms with Crippen LogP contribution in [0.1, 0.15) is 36.1 Å². The zero-order chi connectivity index (χ0) is 18.9. The fourth-order valence-corrected chi connectivity index (χ4v) is 3.48. The van der Waals surface area contributed by atoms with Crippen LogP contribution in [0.4, 0.5) is 4.79 Å². The van der Waals surface area contributed by atoms with Gasteiger partial charge in [0, 0.05) is 19.3 Å². The average molecular weight is 367 g/mol. The second kappa shape index (κ2) is 10.1. The number of aryl methyl sites for hydroxylation is 1. The predicted molar refractivity (Wildman–Crippen MR) is 108 cm³/mol. The van der Waals surface area contributed by atoms with Crippen molar-refractivity contribution in [2.24, 2.45) is 0 Å². The summed E-state index contributed by atoms with van der Waals surface area (Å²) in [5.41, 5.74) is 3.18. The number of aromatic nitrogens is 1. The Kier molecular flexibility index (Phi) is 7.22. The van der Waals surface area contributed by atoms with E-state index >= 15 is 0 Å². The molecule has 144 valence electrons. The molecule has 27 heavy (non-hydrogen) atoms. The van der Waals surface area contributed by atoms with E-state index in [0.717, 1.165) is 29.8 Å². The van der Waals surface area contributed by atoms with Crippen LogP contribution in [0.25, 0.3) is 0 Å². The fraction of sp³-hybridized carbons (Fsp3) is 0.455. The third-order valence-electron chi connectivity index (χ3n) is 5.09. The van der Waals surface area contributed by atoms with Gasteiger partial charge in [0.2, 0.25) is 0 Å². The third kappa shape index (κ3) is 6.07. The Morgan fingerprint density at radius 2 is 1.89 bits per heavy atom. The van der Waals surface area contributed by atoms with E-state index in [9.17, 15) is 4.79 Å². The summed E-state index contributed by atoms with van der Waals surface area (Å²) in [7, 11) is 0. The minimum atomic E-state index is -0.0228. The number of amides is 2. The summed E-state index contributed by atoms with van der Waals surface area (Å²) in [4.78, 5) is 21.6. The first-order valence-corrected chi connectivity index (χ1v) is 9.92. The lowest BCUT2D eigenvalue weighted by molar-refractivity contribution is 0.190. The first-order valence-electron chi connectivity index (χ1n) is 9.92. The van der Waals surface area contributed by atoms with Crippen molar-refractivity contribution in [2.75, 3.05) is 26.2 Å². The summed E-state index contributed by atoms with van der Waals surface area (Å²) in [6, 6.07) is 14.1. The highest BCUT2D eigenvalue weighted by molar-refractivity contribution is 5.74. The van der Waals surface area contributed by atoms with Crippen molar-refractivity contribution in [2.45, 2.75) is 39.3 Å². The van der Waals surface area contributed by atoms with Crippen LogP contribution in [-0.2, 0) is 13.1 Å². The van der Waals surface area contributed by atoms with Crippen molar-refractivity contribution in [3.63, 3.8) is 0 Å². The van der Waals surface area contributed by atoms with Crippen LogP contribution in [0.2, 0.25) is 0 Å². The average Bonchev–Trinajstić information content (AvgIpc) is 3.20. The Hall–Kier alpha value is -2.40. The van der Waals surface area contributed by atoms with E-state index in [1.165, 1.54) is 25.9 Å². The quantitative estimate of drug-likeness (QED) is 0.727. The zero-order valence-corrected chi connectivity index (χ0v) is 16.2. The Morgan fingerprint density at radius 1 is 1.11 bits per heavy atom. The van der Waals surface area contributed by atoms with E-state index in [4.69, 9.17) is 0 Å². The highest BCUT2D eigenvalue weighted by Crippen LogP contribution is 2.12. The van der Waals surface area contributed by atoms with Crippen LogP contribution in [0.15, 0.2) is 48.7 Å². The Bertz CT molecular complexity index is 713. The van der Waals surface area contributed by atoms with Crippen molar-refractivity contribution in [1.29, 1.82) is 0 Å². The van der Waals surface area contributed by atoms with Gasteiger partial charge in [-0.05, 0) is 63.0 Å². The smallest absolute Gasteiger partial charge is 0.318 e. The molecule has 0 saturated carbocycles. The molecule has 2 amide bonds. The largest absolute Gasteiger partial charge is 0.338 e. The van der Waals surface area contributed by atoms with Crippen LogP contribution in [-0.4, -0.2) is 47.0 Å². The molecule has 0 spiro atoms. The lowest BCUT2D eigenvalue weighted by Gasteiger charge is -2.24. The van der Waals surface area contributed by atoms with Crippen molar-refractivity contribution in [3.8, 4) is 0 Å². The molecule has 1 N–H and O–H groups in total. The summed E-state index contributed by atoms with van der Waals surface area (Å²) >= 11 is 0. The van der Waals surface area contributed by atoms with Crippen LogP contribution in [0, 0.1) is 6.92 Å². The Balaban J connectivity index is 1.57. The molecule has 1 aromatic heterocycles. The molecule has 0 bridgehead atoms. The highest BCUT2D eigenvalue weighted by Gasteiger charge is 2.16. The number of pyridine rings is 1. The number of likely N-dealkylation sites (tertiary alicyclic amines) is 1. The fourth-order valence-electron chi connectivity index (χ4n) is 3.48. The second-order valence-corrected chi connectivity index (χ2v) is 7.24. The lowest BCUT2D eigenvalue weighted by atomic mass is 10.2. The van der Waals surface area contributed by atoms with E-state index in [2.05, 4.69) is 27.3 Å². The van der Waals surface area contributed by atoms with Crippen molar-refractivity contribution in [3.05, 3.63) is 65.5 Å². The molecule has 1 aliphatic rings. The van der Waals surface area contributed by atoms with Gasteiger partial charge in [-0.25, -0.2) is 4.79 Å². The van der Waals surface area contributed by atoms with Crippen LogP contribution < -0.4 is 5.32 Å². The molecular formula is C22H30N4O. The van der Waals surface area contributed by atoms with Gasteiger partial charge >= 0.3 is 6.03 Å². The third-order valence-corrected chi connectivity index (χ3v) is 5.09. The molecule has 0 unspecified atom stereocenters. The second-order valence-electron chi connectivity index (χ2n) is 7.24. The van der Waals surface area contributed by atoms with E-state index in [1.54, 1.807) is 6.20 Å². The zero-order valence-electron chi connectivity index (χ0n) is 16.2. The molecule has 5 nitrogen and oxygen atoms in total. The number of rotatable bonds is 8. The van der Waals surface area contributed by atoms with Crippen molar-refractivity contribution in [1.82, 2.24) is 20.1 Å². The summed E-state index contributed by atoms with van der Waals surface area (Å²) < 4.78 is 0. The maximum absolute atomic E-state index is 12.8. The minimum absolute atomic E-state index is 0.0228. The van der Waals surface area contributed by atoms with Gasteiger partial charge in [-0.1, -0.05) is 36.4 Å². The van der Waals surface area contributed by atoms with Crippen LogP contribution in [0.3, 0.4) is 0 Å². The van der Waals surface area contributed by atoms with E-state index < -0.39 is 0 Å². The van der Waals surface area contributed by atoms with E-state index in [-0.39, 0.29) is 6.03 Å². The summed E-state index contributed by atoms with van der Waals surface area (Å²) in [5, 5.41) is 3.10. The molecule has 0 atom stereocenters. The summed E-state index contributed by atoms with van der Waals surface area (Å²) in [6.07, 6.45) is 5.39. The molecular weight excluding hydrogens is 336 g/mol. The van der Waals surface area contributed by atoms with Gasteiger partial charge < -0.3 is 15.1 Å². The summed E-state index contributed by atoms with van der Waals surface area (Å²) in [5.74, 6) is 0. The molecule has 0 radical (unpaired) electrons. The number of nitrogens with one attached hydrogen (secondary N) is 1. The monoisotopic (exact) mass is 366 g/mol. The van der Waals surface area contributed by atoms with Gasteiger partial charge in [-0.3, -0.25) is 4.98 Å². The number of carbonyl (C=O) groups excluding carboxylic acids is 1. The number of carbonyl (C=O) groups is 1. The molecule has 1 saturated heterocycles. The maximum atomic E-state index is 12.8. The van der Waals surface area contributed by atoms with Gasteiger partial charge in [0.1, 0.15) is 0 Å². The number of urea groups is 1. The molecule has 0 aliphatic carbocycles. The molecule has 5 heteroatoms. The van der Waals surface area contributed by atoms with Gasteiger partial charge in [-0.2, -0.15) is 0 Å². The summed E-state index contributed by atoms with van der Waals surface area (Å²) in [6.45, 7) is 7.31. The van der Waals surface area contributed by atoms with Crippen molar-refractivity contribution < 1.29 is 4.79 Å². The molecule has 2 heterocycles. The molecule has 1 aromatic carbocycles.